The lowest BCUT2D eigenvalue weighted by Crippen LogP contribution is -2.55. The van der Waals surface area contributed by atoms with Crippen LogP contribution in [0.4, 0.5) is 0 Å². The predicted octanol–water partition coefficient (Wildman–Crippen LogP) is 3.39. The molecule has 196 valence electrons. The monoisotopic (exact) mass is 487 g/mol. The van der Waals surface area contributed by atoms with Crippen molar-refractivity contribution in [1.82, 2.24) is 0 Å². The van der Waals surface area contributed by atoms with Gasteiger partial charge in [0.2, 0.25) is 0 Å². The summed E-state index contributed by atoms with van der Waals surface area (Å²) in [6.45, 7) is 1.04. The van der Waals surface area contributed by atoms with E-state index in [9.17, 15) is 25.2 Å². The van der Waals surface area contributed by atoms with Gasteiger partial charge < -0.3 is 25.2 Å². The molecule has 0 unspecified atom stereocenters. The van der Waals surface area contributed by atoms with Gasteiger partial charge in [-0.2, -0.15) is 0 Å². The SMILES string of the molecule is [2H]C([2H])([2H])C([2H])([C@H](C)[C@@H](O)[C@H](O)[C@@H](C)[C@H]1CC[C@H]2[C@@H]3COC(=O)[C@H]4C[C@H](O)[C@H](O)C[C@]4(C)[C@H]3CC[C@]12C)C([2H])([2H])[2H]. The van der Waals surface area contributed by atoms with Gasteiger partial charge in [-0.25, -0.2) is 0 Å². The van der Waals surface area contributed by atoms with E-state index in [-0.39, 0.29) is 48.1 Å². The van der Waals surface area contributed by atoms with Crippen molar-refractivity contribution in [3.8, 4) is 0 Å². The molecule has 0 aromatic heterocycles. The molecule has 13 atom stereocenters. The number of ether oxygens (including phenoxy) is 1. The number of aliphatic hydroxyl groups is 4. The third-order valence-electron chi connectivity index (χ3n) is 10.9. The van der Waals surface area contributed by atoms with E-state index in [2.05, 4.69) is 6.92 Å². The van der Waals surface area contributed by atoms with E-state index in [0.717, 1.165) is 25.7 Å². The van der Waals surface area contributed by atoms with E-state index in [1.807, 2.05) is 6.92 Å². The average Bonchev–Trinajstić information content (AvgIpc) is 3.17. The summed E-state index contributed by atoms with van der Waals surface area (Å²) >= 11 is 0. The number of fused-ring (bicyclic) bond motifs is 5. The molecule has 0 aromatic carbocycles. The van der Waals surface area contributed by atoms with Crippen molar-refractivity contribution >= 4 is 5.97 Å². The first kappa shape index (κ1) is 18.5. The number of aliphatic hydroxyl groups excluding tert-OH is 4. The summed E-state index contributed by atoms with van der Waals surface area (Å²) in [7, 11) is 0. The largest absolute Gasteiger partial charge is 0.465 e. The van der Waals surface area contributed by atoms with Crippen molar-refractivity contribution < 1.29 is 39.6 Å². The van der Waals surface area contributed by atoms with Gasteiger partial charge in [-0.15, -0.1) is 0 Å². The number of esters is 1. The van der Waals surface area contributed by atoms with Crippen LogP contribution >= 0.6 is 0 Å². The van der Waals surface area contributed by atoms with Crippen LogP contribution in [0.15, 0.2) is 0 Å². The minimum atomic E-state index is -3.21. The van der Waals surface area contributed by atoms with Gasteiger partial charge in [-0.1, -0.05) is 41.4 Å². The standard InChI is InChI=1S/C28H48O6/c1-14(2)15(3)24(31)25(32)16(4)18-7-8-19-17-13-34-26(33)21-11-22(29)23(30)12-28(21,6)20(17)9-10-27(18,19)5/h14-25,29-32H,7-13H2,1-6H3/t15-,16-,17-,18+,19-,20-,21+,22-,23+,24+,25+,27+,28+/m0/s1/i1D3,2D3,14D. The summed E-state index contributed by atoms with van der Waals surface area (Å²) < 4.78 is 61.0. The predicted molar refractivity (Wildman–Crippen MR) is 130 cm³/mol. The first-order valence-corrected chi connectivity index (χ1v) is 13.0. The smallest absolute Gasteiger partial charge is 0.309 e. The Labute approximate surface area is 215 Å². The fourth-order valence-electron chi connectivity index (χ4n) is 8.71. The quantitative estimate of drug-likeness (QED) is 0.443. The second-order valence-electron chi connectivity index (χ2n) is 12.4. The highest BCUT2D eigenvalue weighted by molar-refractivity contribution is 5.74. The van der Waals surface area contributed by atoms with Gasteiger partial charge in [0.05, 0.1) is 36.9 Å². The van der Waals surface area contributed by atoms with Crippen LogP contribution in [0.5, 0.6) is 0 Å². The molecule has 34 heavy (non-hydrogen) atoms. The molecule has 1 heterocycles. The number of cyclic esters (lactones) is 1. The molecule has 4 N–H and O–H groups in total. The normalized spacial score (nSPS) is 52.2. The molecule has 3 aliphatic carbocycles. The second-order valence-corrected chi connectivity index (χ2v) is 12.4. The maximum absolute atomic E-state index is 13.1. The number of rotatable bonds is 5. The van der Waals surface area contributed by atoms with Crippen LogP contribution < -0.4 is 0 Å². The molecule has 0 radical (unpaired) electrons. The van der Waals surface area contributed by atoms with Crippen molar-refractivity contribution in [2.75, 3.05) is 6.61 Å². The molecule has 3 saturated carbocycles. The molecular weight excluding hydrogens is 432 g/mol. The van der Waals surface area contributed by atoms with E-state index < -0.39 is 67.2 Å². The molecule has 4 fully saturated rings. The summed E-state index contributed by atoms with van der Waals surface area (Å²) in [5.41, 5.74) is -0.804. The van der Waals surface area contributed by atoms with Crippen molar-refractivity contribution in [1.29, 1.82) is 0 Å². The zero-order valence-electron chi connectivity index (χ0n) is 27.9. The van der Waals surface area contributed by atoms with E-state index in [1.54, 1.807) is 6.92 Å². The molecule has 0 amide bonds. The Kier molecular flexibility index (Phi) is 5.08. The highest BCUT2D eigenvalue weighted by Gasteiger charge is 2.63. The van der Waals surface area contributed by atoms with E-state index >= 15 is 0 Å². The van der Waals surface area contributed by atoms with Gasteiger partial charge in [-0.3, -0.25) is 4.79 Å². The van der Waals surface area contributed by atoms with Gasteiger partial charge >= 0.3 is 5.97 Å². The molecule has 4 aliphatic rings. The van der Waals surface area contributed by atoms with Crippen molar-refractivity contribution in [2.45, 2.75) is 104 Å². The minimum absolute atomic E-state index is 0.0281. The third-order valence-corrected chi connectivity index (χ3v) is 10.9. The van der Waals surface area contributed by atoms with Gasteiger partial charge in [0.25, 0.3) is 0 Å². The topological polar surface area (TPSA) is 107 Å². The van der Waals surface area contributed by atoms with Crippen LogP contribution in [0, 0.1) is 58.1 Å². The Morgan fingerprint density at radius 2 is 1.71 bits per heavy atom. The molecule has 0 aromatic rings. The summed E-state index contributed by atoms with van der Waals surface area (Å²) in [4.78, 5) is 13.1. The maximum atomic E-state index is 13.1. The summed E-state index contributed by atoms with van der Waals surface area (Å²) in [5.74, 6) is -5.66. The number of hydrogen-bond donors (Lipinski definition) is 4. The number of carbonyl (C=O) groups is 1. The Morgan fingerprint density at radius 3 is 2.38 bits per heavy atom. The molecule has 6 heteroatoms. The summed E-state index contributed by atoms with van der Waals surface area (Å²) in [6, 6.07) is 0. The van der Waals surface area contributed by atoms with Crippen LogP contribution in [0.3, 0.4) is 0 Å². The second kappa shape index (κ2) is 9.32. The number of hydrogen-bond acceptors (Lipinski definition) is 6. The molecule has 1 aliphatic heterocycles. The fourth-order valence-corrected chi connectivity index (χ4v) is 8.71. The number of carbonyl (C=O) groups excluding carboxylic acids is 1. The summed E-state index contributed by atoms with van der Waals surface area (Å²) in [6.07, 6.45) is -1.46. The Bertz CT molecular complexity index is 976. The Morgan fingerprint density at radius 1 is 1.03 bits per heavy atom. The maximum Gasteiger partial charge on any atom is 0.309 e. The minimum Gasteiger partial charge on any atom is -0.465 e. The van der Waals surface area contributed by atoms with Crippen LogP contribution in [0.1, 0.15) is 89.5 Å². The Hall–Kier alpha value is -0.690. The van der Waals surface area contributed by atoms with Gasteiger partial charge in [0.1, 0.15) is 0 Å². The lowest BCUT2D eigenvalue weighted by atomic mass is 9.48. The molecule has 6 nitrogen and oxygen atoms in total. The first-order valence-electron chi connectivity index (χ1n) is 16.5. The van der Waals surface area contributed by atoms with Gasteiger partial charge in [-0.05, 0) is 90.8 Å². The van der Waals surface area contributed by atoms with Crippen LogP contribution in [0.2, 0.25) is 0 Å². The van der Waals surface area contributed by atoms with Crippen LogP contribution in [-0.2, 0) is 9.53 Å². The van der Waals surface area contributed by atoms with Crippen molar-refractivity contribution in [2.24, 2.45) is 58.1 Å². The third kappa shape index (κ3) is 4.05. The van der Waals surface area contributed by atoms with E-state index in [0.29, 0.717) is 6.42 Å². The highest BCUT2D eigenvalue weighted by Crippen LogP contribution is 2.66. The van der Waals surface area contributed by atoms with Crippen LogP contribution in [-0.4, -0.2) is 57.4 Å². The van der Waals surface area contributed by atoms with Crippen LogP contribution in [0.25, 0.3) is 0 Å². The van der Waals surface area contributed by atoms with Gasteiger partial charge in [0.15, 0.2) is 0 Å². The molecule has 4 rings (SSSR count). The Balaban J connectivity index is 1.58. The van der Waals surface area contributed by atoms with Crippen molar-refractivity contribution in [3.63, 3.8) is 0 Å². The molecule has 0 spiro atoms. The average molecular weight is 488 g/mol. The lowest BCUT2D eigenvalue weighted by molar-refractivity contribution is -0.162. The van der Waals surface area contributed by atoms with Crippen molar-refractivity contribution in [3.05, 3.63) is 0 Å². The zero-order valence-corrected chi connectivity index (χ0v) is 20.9. The zero-order chi connectivity index (χ0) is 31.1. The van der Waals surface area contributed by atoms with Gasteiger partial charge in [0, 0.05) is 9.60 Å². The molecular formula is C28H48O6. The summed E-state index contributed by atoms with van der Waals surface area (Å²) in [5, 5.41) is 43.4. The highest BCUT2D eigenvalue weighted by atomic mass is 16.5. The fraction of sp³-hybridized carbons (Fsp3) is 0.964. The molecule has 1 saturated heterocycles. The van der Waals surface area contributed by atoms with E-state index in [4.69, 9.17) is 14.3 Å². The van der Waals surface area contributed by atoms with E-state index in [1.165, 1.54) is 6.92 Å². The first-order chi connectivity index (χ1) is 18.6. The molecule has 0 bridgehead atoms. The lowest BCUT2D eigenvalue weighted by Gasteiger charge is -2.56.